The first-order valence-corrected chi connectivity index (χ1v) is 10.5. The number of rotatable bonds is 6. The largest absolute Gasteiger partial charge is 0.485 e. The van der Waals surface area contributed by atoms with Gasteiger partial charge in [-0.3, -0.25) is 14.9 Å². The number of hydrogen-bond donors (Lipinski definition) is 1. The second-order valence-electron chi connectivity index (χ2n) is 7.28. The van der Waals surface area contributed by atoms with Crippen LogP contribution in [0.2, 0.25) is 0 Å². The fourth-order valence-corrected chi connectivity index (χ4v) is 4.03. The summed E-state index contributed by atoms with van der Waals surface area (Å²) in [6, 6.07) is 7.60. The summed E-state index contributed by atoms with van der Waals surface area (Å²) >= 11 is 1.32. The van der Waals surface area contributed by atoms with Crippen molar-refractivity contribution in [3.05, 3.63) is 30.1 Å². The van der Waals surface area contributed by atoms with Crippen molar-refractivity contribution in [1.29, 1.82) is 0 Å². The van der Waals surface area contributed by atoms with Gasteiger partial charge in [0.1, 0.15) is 12.4 Å². The molecule has 1 aliphatic heterocycles. The van der Waals surface area contributed by atoms with Crippen molar-refractivity contribution < 1.29 is 19.1 Å². The lowest BCUT2D eigenvalue weighted by Gasteiger charge is -2.25. The molecule has 2 aliphatic carbocycles. The number of thioether (sulfide) groups is 1. The molecule has 1 atom stereocenters. The molecular formula is C19H20N4O4S. The Balaban J connectivity index is 1.17. The maximum Gasteiger partial charge on any atom is 0.271 e. The Kier molecular flexibility index (Phi) is 4.46. The molecule has 3 aliphatic rings. The molecule has 0 unspecified atom stereocenters. The third-order valence-corrected chi connectivity index (χ3v) is 5.88. The number of carbonyl (C=O) groups excluding carboxylic acids is 2. The predicted molar refractivity (Wildman–Crippen MR) is 100 cm³/mol. The van der Waals surface area contributed by atoms with E-state index in [9.17, 15) is 9.59 Å². The van der Waals surface area contributed by atoms with Crippen LogP contribution in [-0.2, 0) is 9.59 Å². The van der Waals surface area contributed by atoms with Gasteiger partial charge in [0, 0.05) is 12.0 Å². The molecule has 1 aromatic carbocycles. The minimum atomic E-state index is -0.847. The van der Waals surface area contributed by atoms with Gasteiger partial charge in [-0.05, 0) is 37.8 Å². The molecule has 146 valence electrons. The van der Waals surface area contributed by atoms with Gasteiger partial charge in [-0.1, -0.05) is 23.9 Å². The minimum Gasteiger partial charge on any atom is -0.485 e. The van der Waals surface area contributed by atoms with Crippen molar-refractivity contribution >= 4 is 23.6 Å². The van der Waals surface area contributed by atoms with Crippen LogP contribution < -0.4 is 14.8 Å². The first kappa shape index (κ1) is 17.5. The molecule has 2 fully saturated rings. The third kappa shape index (κ3) is 3.58. The van der Waals surface area contributed by atoms with E-state index in [-0.39, 0.29) is 18.3 Å². The summed E-state index contributed by atoms with van der Waals surface area (Å²) in [4.78, 5) is 24.6. The van der Waals surface area contributed by atoms with Crippen molar-refractivity contribution in [1.82, 2.24) is 20.1 Å². The number of nitrogens with one attached hydrogen (secondary N) is 1. The van der Waals surface area contributed by atoms with Crippen molar-refractivity contribution in [3.63, 3.8) is 0 Å². The number of hydrogen-bond acceptors (Lipinski definition) is 7. The van der Waals surface area contributed by atoms with Gasteiger partial charge in [-0.15, -0.1) is 10.2 Å². The van der Waals surface area contributed by atoms with Crippen molar-refractivity contribution in [2.24, 2.45) is 0 Å². The smallest absolute Gasteiger partial charge is 0.271 e. The van der Waals surface area contributed by atoms with E-state index in [1.807, 2.05) is 6.07 Å². The lowest BCUT2D eigenvalue weighted by Crippen LogP contribution is -2.46. The normalized spacial score (nSPS) is 20.6. The molecular weight excluding hydrogens is 380 g/mol. The molecule has 2 saturated carbocycles. The van der Waals surface area contributed by atoms with E-state index < -0.39 is 12.0 Å². The van der Waals surface area contributed by atoms with Crippen LogP contribution in [0, 0.1) is 0 Å². The maximum atomic E-state index is 12.3. The van der Waals surface area contributed by atoms with Gasteiger partial charge in [-0.2, -0.15) is 0 Å². The fourth-order valence-electron chi connectivity index (χ4n) is 3.22. The highest BCUT2D eigenvalue weighted by Crippen LogP contribution is 2.45. The van der Waals surface area contributed by atoms with Crippen molar-refractivity contribution in [2.75, 3.05) is 12.4 Å². The van der Waals surface area contributed by atoms with Crippen LogP contribution in [0.15, 0.2) is 29.4 Å². The Morgan fingerprint density at radius 3 is 2.68 bits per heavy atom. The molecule has 1 N–H and O–H groups in total. The Bertz CT molecular complexity index is 922. The van der Waals surface area contributed by atoms with Crippen LogP contribution >= 0.6 is 11.8 Å². The summed E-state index contributed by atoms with van der Waals surface area (Å²) in [5.41, 5.74) is 0. The highest BCUT2D eigenvalue weighted by Gasteiger charge is 2.36. The number of imide groups is 1. The second-order valence-corrected chi connectivity index (χ2v) is 8.22. The highest BCUT2D eigenvalue weighted by molar-refractivity contribution is 7.99. The minimum absolute atomic E-state index is 0.0734. The number of para-hydroxylation sites is 2. The SMILES string of the molecule is O=C(CSc1nnc(C2CC2)n1C1CC1)NC(=O)[C@H]1COc2ccccc2O1. The Labute approximate surface area is 166 Å². The summed E-state index contributed by atoms with van der Waals surface area (Å²) in [5, 5.41) is 11.8. The first-order valence-electron chi connectivity index (χ1n) is 9.49. The molecule has 28 heavy (non-hydrogen) atoms. The molecule has 9 heteroatoms. The average Bonchev–Trinajstić information content (AvgIpc) is 3.64. The molecule has 2 aromatic rings. The number of benzene rings is 1. The molecule has 1 aromatic heterocycles. The van der Waals surface area contributed by atoms with Gasteiger partial charge >= 0.3 is 0 Å². The molecule has 0 spiro atoms. The number of aromatic nitrogens is 3. The summed E-state index contributed by atoms with van der Waals surface area (Å²) in [7, 11) is 0. The Morgan fingerprint density at radius 1 is 1.14 bits per heavy atom. The molecule has 5 rings (SSSR count). The maximum absolute atomic E-state index is 12.3. The topological polar surface area (TPSA) is 95.3 Å². The Hall–Kier alpha value is -2.55. The molecule has 0 saturated heterocycles. The van der Waals surface area contributed by atoms with Gasteiger partial charge in [-0.25, -0.2) is 0 Å². The lowest BCUT2D eigenvalue weighted by atomic mass is 10.2. The van der Waals surface area contributed by atoms with E-state index in [0.717, 1.165) is 36.7 Å². The van der Waals surface area contributed by atoms with Gasteiger partial charge in [0.25, 0.3) is 5.91 Å². The average molecular weight is 400 g/mol. The quantitative estimate of drug-likeness (QED) is 0.742. The molecule has 2 heterocycles. The van der Waals surface area contributed by atoms with Crippen LogP contribution in [0.5, 0.6) is 11.5 Å². The van der Waals surface area contributed by atoms with Gasteiger partial charge < -0.3 is 14.0 Å². The van der Waals surface area contributed by atoms with Crippen molar-refractivity contribution in [3.8, 4) is 11.5 Å². The van der Waals surface area contributed by atoms with E-state index in [2.05, 4.69) is 20.1 Å². The summed E-state index contributed by atoms with van der Waals surface area (Å²) in [6.45, 7) is 0.0734. The first-order chi connectivity index (χ1) is 13.7. The van der Waals surface area contributed by atoms with Crippen LogP contribution in [0.3, 0.4) is 0 Å². The van der Waals surface area contributed by atoms with E-state index in [1.54, 1.807) is 18.2 Å². The van der Waals surface area contributed by atoms with Crippen LogP contribution in [0.25, 0.3) is 0 Å². The third-order valence-electron chi connectivity index (χ3n) is 4.94. The van der Waals surface area contributed by atoms with E-state index in [1.165, 1.54) is 11.8 Å². The second kappa shape index (κ2) is 7.12. The number of carbonyl (C=O) groups is 2. The van der Waals surface area contributed by atoms with Crippen molar-refractivity contribution in [2.45, 2.75) is 48.9 Å². The van der Waals surface area contributed by atoms with Gasteiger partial charge in [0.2, 0.25) is 12.0 Å². The van der Waals surface area contributed by atoms with E-state index >= 15 is 0 Å². The summed E-state index contributed by atoms with van der Waals surface area (Å²) in [5.74, 6) is 1.89. The predicted octanol–water partition coefficient (Wildman–Crippen LogP) is 2.07. The molecule has 0 bridgehead atoms. The zero-order chi connectivity index (χ0) is 19.1. The summed E-state index contributed by atoms with van der Waals surface area (Å²) in [6.07, 6.45) is 3.75. The highest BCUT2D eigenvalue weighted by atomic mass is 32.2. The zero-order valence-corrected chi connectivity index (χ0v) is 16.0. The molecule has 2 amide bonds. The van der Waals surface area contributed by atoms with Crippen LogP contribution in [0.4, 0.5) is 0 Å². The number of fused-ring (bicyclic) bond motifs is 1. The fraction of sp³-hybridized carbons (Fsp3) is 0.474. The number of ether oxygens (including phenoxy) is 2. The van der Waals surface area contributed by atoms with Crippen LogP contribution in [0.1, 0.15) is 43.5 Å². The number of amides is 2. The molecule has 8 nitrogen and oxygen atoms in total. The zero-order valence-electron chi connectivity index (χ0n) is 15.2. The lowest BCUT2D eigenvalue weighted by molar-refractivity contribution is -0.135. The van der Waals surface area contributed by atoms with E-state index in [0.29, 0.717) is 23.5 Å². The monoisotopic (exact) mass is 400 g/mol. The Morgan fingerprint density at radius 2 is 1.93 bits per heavy atom. The number of nitrogens with zero attached hydrogens (tertiary/aromatic N) is 3. The standard InChI is InChI=1S/C19H20N4O4S/c24-16(20-18(25)15-9-26-13-3-1-2-4-14(13)27-15)10-28-19-22-21-17(11-5-6-11)23(19)12-7-8-12/h1-4,11-12,15H,5-10H2,(H,20,24,25)/t15-/m1/s1. The molecule has 0 radical (unpaired) electrons. The van der Waals surface area contributed by atoms with Gasteiger partial charge in [0.15, 0.2) is 16.7 Å². The van der Waals surface area contributed by atoms with Gasteiger partial charge in [0.05, 0.1) is 5.75 Å². The summed E-state index contributed by atoms with van der Waals surface area (Å²) < 4.78 is 13.3. The van der Waals surface area contributed by atoms with E-state index in [4.69, 9.17) is 9.47 Å². The van der Waals surface area contributed by atoms with Crippen LogP contribution in [-0.4, -0.2) is 45.0 Å².